The summed E-state index contributed by atoms with van der Waals surface area (Å²) in [4.78, 5) is 10.8. The Hall–Kier alpha value is -0.960. The van der Waals surface area contributed by atoms with Crippen LogP contribution in [0.15, 0.2) is 16.7 Å². The minimum Gasteiger partial charge on any atom is -0.481 e. The van der Waals surface area contributed by atoms with Crippen LogP contribution in [0, 0.1) is 0 Å². The molecule has 0 aliphatic heterocycles. The van der Waals surface area contributed by atoms with E-state index in [1.807, 2.05) is 0 Å². The Morgan fingerprint density at radius 1 is 1.67 bits per heavy atom. The monoisotopic (exact) mass is 186 g/mol. The second-order valence-corrected chi connectivity index (χ2v) is 3.40. The lowest BCUT2D eigenvalue weighted by Crippen LogP contribution is -2.18. The summed E-state index contributed by atoms with van der Waals surface area (Å²) in [6.45, 7) is 0. The summed E-state index contributed by atoms with van der Waals surface area (Å²) in [5.41, 5.74) is -0.0172. The molecular weight excluding hydrogens is 180 g/mol. The standard InChI is InChI=1S/C8H7ClO3/c9-6-3-5(4-12-6)8(1-2-8)7(10)11/h3-4H,1-2H2,(H,10,11). The van der Waals surface area contributed by atoms with Crippen LogP contribution in [0.3, 0.4) is 0 Å². The highest BCUT2D eigenvalue weighted by Crippen LogP contribution is 2.49. The Kier molecular flexibility index (Phi) is 1.45. The average molecular weight is 187 g/mol. The third kappa shape index (κ3) is 0.932. The van der Waals surface area contributed by atoms with Crippen molar-refractivity contribution >= 4 is 17.6 Å². The Bertz CT molecular complexity index is 325. The van der Waals surface area contributed by atoms with Crippen LogP contribution in [-0.4, -0.2) is 11.1 Å². The summed E-state index contributed by atoms with van der Waals surface area (Å²) in [6.07, 6.45) is 2.78. The molecule has 2 rings (SSSR count). The smallest absolute Gasteiger partial charge is 0.314 e. The molecule has 0 radical (unpaired) electrons. The highest BCUT2D eigenvalue weighted by atomic mass is 35.5. The molecule has 0 spiro atoms. The molecule has 1 aliphatic carbocycles. The van der Waals surface area contributed by atoms with E-state index in [1.54, 1.807) is 6.07 Å². The molecule has 12 heavy (non-hydrogen) atoms. The summed E-state index contributed by atoms with van der Waals surface area (Å²) in [5.74, 6) is -0.792. The highest BCUT2D eigenvalue weighted by molar-refractivity contribution is 6.28. The van der Waals surface area contributed by atoms with E-state index in [0.717, 1.165) is 0 Å². The number of aliphatic carboxylic acids is 1. The molecule has 64 valence electrons. The van der Waals surface area contributed by atoms with Gasteiger partial charge in [0.15, 0.2) is 5.22 Å². The summed E-state index contributed by atoms with van der Waals surface area (Å²) in [6, 6.07) is 1.57. The number of furan rings is 1. The van der Waals surface area contributed by atoms with Gasteiger partial charge in [0.05, 0.1) is 11.7 Å². The predicted molar refractivity (Wildman–Crippen MR) is 42.3 cm³/mol. The van der Waals surface area contributed by atoms with Crippen LogP contribution < -0.4 is 0 Å². The minimum absolute atomic E-state index is 0.248. The van der Waals surface area contributed by atoms with E-state index in [0.29, 0.717) is 18.4 Å². The van der Waals surface area contributed by atoms with Crippen molar-refractivity contribution in [3.05, 3.63) is 23.1 Å². The number of hydrogen-bond donors (Lipinski definition) is 1. The van der Waals surface area contributed by atoms with Crippen LogP contribution in [0.2, 0.25) is 5.22 Å². The molecule has 1 aromatic rings. The van der Waals surface area contributed by atoms with Crippen molar-refractivity contribution in [1.29, 1.82) is 0 Å². The molecule has 1 fully saturated rings. The normalized spacial score (nSPS) is 19.1. The van der Waals surface area contributed by atoms with E-state index in [-0.39, 0.29) is 5.22 Å². The van der Waals surface area contributed by atoms with Crippen LogP contribution in [0.1, 0.15) is 18.4 Å². The van der Waals surface area contributed by atoms with E-state index in [2.05, 4.69) is 0 Å². The van der Waals surface area contributed by atoms with Gasteiger partial charge in [-0.3, -0.25) is 4.79 Å². The van der Waals surface area contributed by atoms with Gasteiger partial charge in [-0.25, -0.2) is 0 Å². The first-order chi connectivity index (χ1) is 5.65. The highest BCUT2D eigenvalue weighted by Gasteiger charge is 2.52. The van der Waals surface area contributed by atoms with Gasteiger partial charge >= 0.3 is 5.97 Å². The fourth-order valence-electron chi connectivity index (χ4n) is 1.31. The summed E-state index contributed by atoms with van der Waals surface area (Å²) < 4.78 is 4.84. The number of carboxylic acid groups (broad SMARTS) is 1. The van der Waals surface area contributed by atoms with Crippen LogP contribution in [0.4, 0.5) is 0 Å². The Morgan fingerprint density at radius 3 is 2.67 bits per heavy atom. The summed E-state index contributed by atoms with van der Waals surface area (Å²) in [7, 11) is 0. The van der Waals surface area contributed by atoms with Gasteiger partial charge in [0, 0.05) is 11.6 Å². The van der Waals surface area contributed by atoms with Crippen LogP contribution in [-0.2, 0) is 10.2 Å². The van der Waals surface area contributed by atoms with E-state index >= 15 is 0 Å². The van der Waals surface area contributed by atoms with Gasteiger partial charge in [-0.05, 0) is 24.4 Å². The van der Waals surface area contributed by atoms with Gasteiger partial charge in [-0.1, -0.05) is 0 Å². The summed E-state index contributed by atoms with van der Waals surface area (Å²) >= 11 is 5.54. The van der Waals surface area contributed by atoms with Gasteiger partial charge in [0.1, 0.15) is 0 Å². The number of halogens is 1. The molecular formula is C8H7ClO3. The van der Waals surface area contributed by atoms with Crippen molar-refractivity contribution in [3.63, 3.8) is 0 Å². The first-order valence-electron chi connectivity index (χ1n) is 3.63. The van der Waals surface area contributed by atoms with Gasteiger partial charge in [-0.2, -0.15) is 0 Å². The molecule has 0 atom stereocenters. The van der Waals surface area contributed by atoms with E-state index in [4.69, 9.17) is 21.1 Å². The van der Waals surface area contributed by atoms with Crippen molar-refractivity contribution in [2.45, 2.75) is 18.3 Å². The van der Waals surface area contributed by atoms with Crippen molar-refractivity contribution in [3.8, 4) is 0 Å². The number of hydrogen-bond acceptors (Lipinski definition) is 2. The van der Waals surface area contributed by atoms with E-state index in [1.165, 1.54) is 6.26 Å². The molecule has 1 heterocycles. The molecule has 1 saturated carbocycles. The molecule has 0 aromatic carbocycles. The Balaban J connectivity index is 2.36. The minimum atomic E-state index is -0.792. The fraction of sp³-hybridized carbons (Fsp3) is 0.375. The van der Waals surface area contributed by atoms with Crippen molar-refractivity contribution < 1.29 is 14.3 Å². The average Bonchev–Trinajstić information content (AvgIpc) is 2.71. The molecule has 1 N–H and O–H groups in total. The molecule has 1 aliphatic rings. The topological polar surface area (TPSA) is 50.4 Å². The van der Waals surface area contributed by atoms with E-state index < -0.39 is 11.4 Å². The Labute approximate surface area is 73.9 Å². The first-order valence-corrected chi connectivity index (χ1v) is 4.01. The Morgan fingerprint density at radius 2 is 2.33 bits per heavy atom. The number of carboxylic acids is 1. The van der Waals surface area contributed by atoms with Gasteiger partial charge in [0.2, 0.25) is 0 Å². The van der Waals surface area contributed by atoms with Gasteiger partial charge in [0.25, 0.3) is 0 Å². The molecule has 0 bridgehead atoms. The molecule has 0 saturated heterocycles. The lowest BCUT2D eigenvalue weighted by atomic mass is 10.00. The van der Waals surface area contributed by atoms with Gasteiger partial charge in [-0.15, -0.1) is 0 Å². The van der Waals surface area contributed by atoms with Gasteiger partial charge < -0.3 is 9.52 Å². The first kappa shape index (κ1) is 7.68. The van der Waals surface area contributed by atoms with Crippen LogP contribution in [0.25, 0.3) is 0 Å². The van der Waals surface area contributed by atoms with Crippen LogP contribution in [0.5, 0.6) is 0 Å². The molecule has 0 amide bonds. The zero-order chi connectivity index (χ0) is 8.77. The third-order valence-electron chi connectivity index (χ3n) is 2.28. The lowest BCUT2D eigenvalue weighted by Gasteiger charge is -2.03. The zero-order valence-corrected chi connectivity index (χ0v) is 6.97. The molecule has 1 aromatic heterocycles. The maximum Gasteiger partial charge on any atom is 0.314 e. The number of rotatable bonds is 2. The zero-order valence-electron chi connectivity index (χ0n) is 6.21. The lowest BCUT2D eigenvalue weighted by molar-refractivity contribution is -0.140. The quantitative estimate of drug-likeness (QED) is 0.769. The predicted octanol–water partition coefficient (Wildman–Crippen LogP) is 2.05. The largest absolute Gasteiger partial charge is 0.481 e. The van der Waals surface area contributed by atoms with Crippen molar-refractivity contribution in [1.82, 2.24) is 0 Å². The number of carbonyl (C=O) groups is 1. The van der Waals surface area contributed by atoms with E-state index in [9.17, 15) is 4.79 Å². The fourth-order valence-corrected chi connectivity index (χ4v) is 1.47. The van der Waals surface area contributed by atoms with Crippen LogP contribution >= 0.6 is 11.6 Å². The van der Waals surface area contributed by atoms with Crippen molar-refractivity contribution in [2.75, 3.05) is 0 Å². The second-order valence-electron chi connectivity index (χ2n) is 3.03. The van der Waals surface area contributed by atoms with Crippen molar-refractivity contribution in [2.24, 2.45) is 0 Å². The third-order valence-corrected chi connectivity index (χ3v) is 2.48. The molecule has 0 unspecified atom stereocenters. The second kappa shape index (κ2) is 2.26. The SMILES string of the molecule is O=C(O)C1(c2coc(Cl)c2)CC1. The maximum absolute atomic E-state index is 10.8. The molecule has 3 nitrogen and oxygen atoms in total. The molecule has 4 heteroatoms. The summed E-state index contributed by atoms with van der Waals surface area (Å²) in [5, 5.41) is 9.13. The maximum atomic E-state index is 10.8.